The molecule has 3 heteroatoms. The van der Waals surface area contributed by atoms with Crippen LogP contribution in [0.4, 0.5) is 0 Å². The Labute approximate surface area is 104 Å². The fourth-order valence-corrected chi connectivity index (χ4v) is 1.48. The molecular formula is C14H22N2O. The standard InChI is InChI=1S/C12H16N2O.C2H6/c1-5-7-10(6-2)8-11-12(15)14(4)9(3)13-11;1-2/h5-7,11H,1-2,8H2,3-4H3;1-2H3/b10-7+;. The van der Waals surface area contributed by atoms with Gasteiger partial charge in [0.15, 0.2) is 0 Å². The number of allylic oxidation sites excluding steroid dienone is 3. The number of carbonyl (C=O) groups excluding carboxylic acids is 1. The lowest BCUT2D eigenvalue weighted by Crippen LogP contribution is -2.30. The summed E-state index contributed by atoms with van der Waals surface area (Å²) in [7, 11) is 1.74. The van der Waals surface area contributed by atoms with Crippen LogP contribution in [0.25, 0.3) is 0 Å². The number of aliphatic imine (C=N–C) groups is 1. The Morgan fingerprint density at radius 1 is 1.47 bits per heavy atom. The van der Waals surface area contributed by atoms with E-state index >= 15 is 0 Å². The number of rotatable bonds is 4. The molecule has 1 rings (SSSR count). The Hall–Kier alpha value is -1.64. The molecule has 0 fully saturated rings. The third kappa shape index (κ3) is 4.02. The van der Waals surface area contributed by atoms with Crippen LogP contribution in [-0.2, 0) is 4.79 Å². The van der Waals surface area contributed by atoms with Gasteiger partial charge in [-0.2, -0.15) is 0 Å². The number of amides is 1. The van der Waals surface area contributed by atoms with E-state index in [0.717, 1.165) is 11.4 Å². The van der Waals surface area contributed by atoms with Gasteiger partial charge in [0.25, 0.3) is 5.91 Å². The fourth-order valence-electron chi connectivity index (χ4n) is 1.48. The van der Waals surface area contributed by atoms with Crippen LogP contribution in [0, 0.1) is 0 Å². The van der Waals surface area contributed by atoms with Crippen molar-refractivity contribution in [2.75, 3.05) is 7.05 Å². The molecule has 17 heavy (non-hydrogen) atoms. The molecular weight excluding hydrogens is 212 g/mol. The van der Waals surface area contributed by atoms with Crippen LogP contribution in [0.15, 0.2) is 42.0 Å². The van der Waals surface area contributed by atoms with Crippen LogP contribution in [0.1, 0.15) is 27.2 Å². The lowest BCUT2D eigenvalue weighted by atomic mass is 10.1. The van der Waals surface area contributed by atoms with Gasteiger partial charge in [0.1, 0.15) is 11.9 Å². The first-order valence-electron chi connectivity index (χ1n) is 5.86. The molecule has 0 saturated heterocycles. The Kier molecular flexibility index (Phi) is 6.87. The van der Waals surface area contributed by atoms with Crippen molar-refractivity contribution in [2.45, 2.75) is 33.2 Å². The zero-order chi connectivity index (χ0) is 13.4. The van der Waals surface area contributed by atoms with Crippen molar-refractivity contribution in [1.29, 1.82) is 0 Å². The van der Waals surface area contributed by atoms with E-state index in [9.17, 15) is 4.79 Å². The van der Waals surface area contributed by atoms with E-state index in [2.05, 4.69) is 18.2 Å². The van der Waals surface area contributed by atoms with Crippen molar-refractivity contribution in [3.63, 3.8) is 0 Å². The second-order valence-electron chi connectivity index (χ2n) is 3.47. The van der Waals surface area contributed by atoms with Crippen molar-refractivity contribution in [2.24, 2.45) is 4.99 Å². The van der Waals surface area contributed by atoms with Gasteiger partial charge in [0.2, 0.25) is 0 Å². The number of hydrogen-bond donors (Lipinski definition) is 0. The second-order valence-corrected chi connectivity index (χ2v) is 3.47. The van der Waals surface area contributed by atoms with E-state index in [1.54, 1.807) is 24.1 Å². The minimum absolute atomic E-state index is 0.0457. The zero-order valence-electron chi connectivity index (χ0n) is 11.2. The van der Waals surface area contributed by atoms with Crippen LogP contribution >= 0.6 is 0 Å². The fraction of sp³-hybridized carbons (Fsp3) is 0.429. The maximum atomic E-state index is 11.7. The van der Waals surface area contributed by atoms with Crippen LogP contribution in [0.3, 0.4) is 0 Å². The number of nitrogens with zero attached hydrogens (tertiary/aromatic N) is 2. The largest absolute Gasteiger partial charge is 0.302 e. The molecule has 0 aromatic carbocycles. The smallest absolute Gasteiger partial charge is 0.252 e. The molecule has 1 heterocycles. The second kappa shape index (κ2) is 7.60. The molecule has 1 unspecified atom stereocenters. The predicted octanol–water partition coefficient (Wildman–Crippen LogP) is 2.96. The summed E-state index contributed by atoms with van der Waals surface area (Å²) in [5.41, 5.74) is 0.982. The van der Waals surface area contributed by atoms with Gasteiger partial charge in [-0.25, -0.2) is 0 Å². The predicted molar refractivity (Wildman–Crippen MR) is 74.1 cm³/mol. The molecule has 0 radical (unpaired) electrons. The lowest BCUT2D eigenvalue weighted by Gasteiger charge is -2.10. The highest BCUT2D eigenvalue weighted by molar-refractivity contribution is 6.04. The van der Waals surface area contributed by atoms with E-state index in [0.29, 0.717) is 6.42 Å². The van der Waals surface area contributed by atoms with Crippen molar-refractivity contribution >= 4 is 11.7 Å². The molecule has 94 valence electrons. The average Bonchev–Trinajstić information content (AvgIpc) is 2.59. The normalized spacial score (nSPS) is 19.4. The maximum Gasteiger partial charge on any atom is 0.252 e. The molecule has 0 aromatic heterocycles. The van der Waals surface area contributed by atoms with Crippen molar-refractivity contribution < 1.29 is 4.79 Å². The summed E-state index contributed by atoms with van der Waals surface area (Å²) < 4.78 is 0. The lowest BCUT2D eigenvalue weighted by molar-refractivity contribution is -0.126. The number of amidine groups is 1. The SMILES string of the molecule is C=C/C=C(\C=C)CC1N=C(C)N(C)C1=O.CC. The van der Waals surface area contributed by atoms with Gasteiger partial charge in [-0.15, -0.1) is 0 Å². The quantitative estimate of drug-likeness (QED) is 0.688. The van der Waals surface area contributed by atoms with Crippen LogP contribution in [-0.4, -0.2) is 29.7 Å². The van der Waals surface area contributed by atoms with Gasteiger partial charge in [0, 0.05) is 13.5 Å². The number of hydrogen-bond acceptors (Lipinski definition) is 2. The monoisotopic (exact) mass is 234 g/mol. The summed E-state index contributed by atoms with van der Waals surface area (Å²) >= 11 is 0. The Bertz CT molecular complexity index is 353. The summed E-state index contributed by atoms with van der Waals surface area (Å²) in [6.45, 7) is 13.1. The average molecular weight is 234 g/mol. The zero-order valence-corrected chi connectivity index (χ0v) is 11.2. The third-order valence-corrected chi connectivity index (χ3v) is 2.47. The van der Waals surface area contributed by atoms with E-state index in [4.69, 9.17) is 0 Å². The molecule has 0 aromatic rings. The molecule has 0 N–H and O–H groups in total. The van der Waals surface area contributed by atoms with Gasteiger partial charge < -0.3 is 4.90 Å². The first kappa shape index (κ1) is 15.4. The Morgan fingerprint density at radius 2 is 2.06 bits per heavy atom. The molecule has 0 spiro atoms. The number of carbonyl (C=O) groups is 1. The van der Waals surface area contributed by atoms with E-state index < -0.39 is 0 Å². The highest BCUT2D eigenvalue weighted by atomic mass is 16.2. The molecule has 0 bridgehead atoms. The van der Waals surface area contributed by atoms with Crippen LogP contribution < -0.4 is 0 Å². The Morgan fingerprint density at radius 3 is 2.41 bits per heavy atom. The van der Waals surface area contributed by atoms with E-state index in [1.165, 1.54) is 0 Å². The summed E-state index contributed by atoms with van der Waals surface area (Å²) in [4.78, 5) is 17.6. The first-order valence-corrected chi connectivity index (χ1v) is 5.86. The van der Waals surface area contributed by atoms with Crippen LogP contribution in [0.5, 0.6) is 0 Å². The molecule has 1 aliphatic heterocycles. The minimum Gasteiger partial charge on any atom is -0.302 e. The Balaban J connectivity index is 0.00000121. The topological polar surface area (TPSA) is 32.7 Å². The summed E-state index contributed by atoms with van der Waals surface area (Å²) in [5.74, 6) is 0.816. The summed E-state index contributed by atoms with van der Waals surface area (Å²) in [5, 5.41) is 0. The van der Waals surface area contributed by atoms with Crippen molar-refractivity contribution in [3.05, 3.63) is 37.0 Å². The highest BCUT2D eigenvalue weighted by Gasteiger charge is 2.29. The third-order valence-electron chi connectivity index (χ3n) is 2.47. The van der Waals surface area contributed by atoms with Crippen molar-refractivity contribution in [3.8, 4) is 0 Å². The van der Waals surface area contributed by atoms with Gasteiger partial charge in [-0.05, 0) is 12.5 Å². The molecule has 1 atom stereocenters. The minimum atomic E-state index is -0.292. The maximum absolute atomic E-state index is 11.7. The highest BCUT2D eigenvalue weighted by Crippen LogP contribution is 2.17. The molecule has 0 saturated carbocycles. The van der Waals surface area contributed by atoms with Gasteiger partial charge in [-0.1, -0.05) is 45.2 Å². The van der Waals surface area contributed by atoms with Gasteiger partial charge in [0.05, 0.1) is 0 Å². The van der Waals surface area contributed by atoms with Crippen molar-refractivity contribution in [1.82, 2.24) is 4.90 Å². The van der Waals surface area contributed by atoms with Crippen LogP contribution in [0.2, 0.25) is 0 Å². The van der Waals surface area contributed by atoms with Gasteiger partial charge >= 0.3 is 0 Å². The molecule has 3 nitrogen and oxygen atoms in total. The molecule has 0 aliphatic carbocycles. The van der Waals surface area contributed by atoms with E-state index in [1.807, 2.05) is 26.8 Å². The first-order chi connectivity index (χ1) is 8.10. The molecule has 1 aliphatic rings. The summed E-state index contributed by atoms with van der Waals surface area (Å²) in [6, 6.07) is -0.292. The summed E-state index contributed by atoms with van der Waals surface area (Å²) in [6.07, 6.45) is 5.87. The van der Waals surface area contributed by atoms with E-state index in [-0.39, 0.29) is 11.9 Å². The van der Waals surface area contributed by atoms with Gasteiger partial charge in [-0.3, -0.25) is 9.79 Å². The molecule has 1 amide bonds. The number of likely N-dealkylation sites (N-methyl/N-ethyl adjacent to an activating group) is 1.